The summed E-state index contributed by atoms with van der Waals surface area (Å²) in [5.74, 6) is 0.775. The first-order valence-electron chi connectivity index (χ1n) is 9.63. The monoisotopic (exact) mass is 366 g/mol. The number of carbonyl (C=O) groups is 1. The average Bonchev–Trinajstić information content (AvgIpc) is 2.73. The van der Waals surface area contributed by atoms with Gasteiger partial charge in [0, 0.05) is 24.7 Å². The van der Waals surface area contributed by atoms with Crippen molar-refractivity contribution in [1.82, 2.24) is 5.32 Å². The number of anilines is 1. The lowest BCUT2D eigenvalue weighted by molar-refractivity contribution is 0.0933. The fraction of sp³-hybridized carbons (Fsp3) is 0.409. The summed E-state index contributed by atoms with van der Waals surface area (Å²) in [5, 5.41) is 3.22. The molecule has 0 radical (unpaired) electrons. The first-order valence-corrected chi connectivity index (χ1v) is 9.63. The molecule has 0 bridgehead atoms. The Morgan fingerprint density at radius 2 is 1.93 bits per heavy atom. The van der Waals surface area contributed by atoms with Crippen LogP contribution in [0.25, 0.3) is 0 Å². The Hall–Kier alpha value is -2.53. The molecule has 0 aromatic heterocycles. The first kappa shape index (κ1) is 17.9. The molecule has 5 nitrogen and oxygen atoms in total. The van der Waals surface area contributed by atoms with Crippen LogP contribution in [0.2, 0.25) is 0 Å². The molecule has 0 spiro atoms. The molecule has 2 aromatic rings. The molecule has 1 aliphatic heterocycles. The van der Waals surface area contributed by atoms with Crippen LogP contribution in [0.15, 0.2) is 42.5 Å². The summed E-state index contributed by atoms with van der Waals surface area (Å²) in [6.07, 6.45) is 2.90. The Morgan fingerprint density at radius 1 is 1.15 bits per heavy atom. The van der Waals surface area contributed by atoms with Crippen molar-refractivity contribution in [2.45, 2.75) is 25.3 Å². The van der Waals surface area contributed by atoms with Crippen LogP contribution in [0.4, 0.5) is 5.69 Å². The van der Waals surface area contributed by atoms with Gasteiger partial charge in [-0.15, -0.1) is 0 Å². The zero-order valence-electron chi connectivity index (χ0n) is 15.7. The molecule has 2 aromatic carbocycles. The van der Waals surface area contributed by atoms with Gasteiger partial charge in [-0.3, -0.25) is 4.79 Å². The van der Waals surface area contributed by atoms with Crippen LogP contribution in [-0.4, -0.2) is 45.4 Å². The summed E-state index contributed by atoms with van der Waals surface area (Å²) >= 11 is 0. The van der Waals surface area contributed by atoms with Crippen molar-refractivity contribution < 1.29 is 14.3 Å². The molecule has 142 valence electrons. The van der Waals surface area contributed by atoms with Gasteiger partial charge in [0.05, 0.1) is 26.0 Å². The third-order valence-corrected chi connectivity index (χ3v) is 5.47. The lowest BCUT2D eigenvalue weighted by Gasteiger charge is -2.30. The molecule has 1 fully saturated rings. The summed E-state index contributed by atoms with van der Waals surface area (Å²) in [6.45, 7) is 3.00. The molecule has 1 N–H and O–H groups in total. The molecule has 1 unspecified atom stereocenters. The highest BCUT2D eigenvalue weighted by atomic mass is 16.5. The van der Waals surface area contributed by atoms with Gasteiger partial charge in [0.15, 0.2) is 0 Å². The predicted molar refractivity (Wildman–Crippen MR) is 106 cm³/mol. The molecule has 5 heteroatoms. The first-order chi connectivity index (χ1) is 13.2. The maximum absolute atomic E-state index is 12.9. The van der Waals surface area contributed by atoms with Gasteiger partial charge >= 0.3 is 0 Å². The Labute approximate surface area is 160 Å². The number of fused-ring (bicyclic) bond motifs is 1. The van der Waals surface area contributed by atoms with Crippen LogP contribution in [0.3, 0.4) is 0 Å². The number of hydrogen-bond acceptors (Lipinski definition) is 4. The fourth-order valence-electron chi connectivity index (χ4n) is 3.97. The molecule has 1 saturated heterocycles. The van der Waals surface area contributed by atoms with E-state index in [4.69, 9.17) is 9.47 Å². The molecule has 1 atom stereocenters. The summed E-state index contributed by atoms with van der Waals surface area (Å²) in [5.41, 5.74) is 4.39. The highest BCUT2D eigenvalue weighted by molar-refractivity contribution is 5.96. The number of morpholine rings is 1. The number of amides is 1. The zero-order valence-corrected chi connectivity index (χ0v) is 15.7. The molecule has 27 heavy (non-hydrogen) atoms. The van der Waals surface area contributed by atoms with Crippen LogP contribution < -0.4 is 15.0 Å². The van der Waals surface area contributed by atoms with Gasteiger partial charge in [-0.25, -0.2) is 0 Å². The van der Waals surface area contributed by atoms with Crippen molar-refractivity contribution >= 4 is 11.6 Å². The average molecular weight is 366 g/mol. The van der Waals surface area contributed by atoms with E-state index >= 15 is 0 Å². The normalized spacial score (nSPS) is 19.3. The van der Waals surface area contributed by atoms with Gasteiger partial charge < -0.3 is 19.7 Å². The van der Waals surface area contributed by atoms with Crippen LogP contribution in [0, 0.1) is 0 Å². The maximum Gasteiger partial charge on any atom is 0.251 e. The lowest BCUT2D eigenvalue weighted by Crippen LogP contribution is -2.39. The van der Waals surface area contributed by atoms with Gasteiger partial charge in [0.2, 0.25) is 0 Å². The molecular weight excluding hydrogens is 340 g/mol. The standard InChI is InChI=1S/C22H26N2O3/c1-26-21-9-7-18(15-20(21)24-10-12-27-13-11-24)22(25)23-19-8-6-16-4-2-3-5-17(16)14-19/h2-5,7,9,15,19H,6,8,10-14H2,1H3,(H,23,25). The number of methoxy groups -OCH3 is 1. The molecule has 4 rings (SSSR count). The predicted octanol–water partition coefficient (Wildman–Crippen LogP) is 2.82. The minimum atomic E-state index is -0.0171. The van der Waals surface area contributed by atoms with Gasteiger partial charge in [-0.05, 0) is 48.6 Å². The van der Waals surface area contributed by atoms with E-state index in [0.717, 1.165) is 43.8 Å². The van der Waals surface area contributed by atoms with Crippen LogP contribution in [0.1, 0.15) is 27.9 Å². The molecule has 1 aliphatic carbocycles. The van der Waals surface area contributed by atoms with Gasteiger partial charge in [-0.2, -0.15) is 0 Å². The second kappa shape index (κ2) is 8.01. The number of aryl methyl sites for hydroxylation is 1. The Balaban J connectivity index is 1.49. The largest absolute Gasteiger partial charge is 0.495 e. The summed E-state index contributed by atoms with van der Waals surface area (Å²) in [4.78, 5) is 15.1. The summed E-state index contributed by atoms with van der Waals surface area (Å²) < 4.78 is 10.9. The second-order valence-corrected chi connectivity index (χ2v) is 7.17. The molecule has 0 saturated carbocycles. The number of benzene rings is 2. The topological polar surface area (TPSA) is 50.8 Å². The van der Waals surface area contributed by atoms with Crippen molar-refractivity contribution in [2.75, 3.05) is 38.3 Å². The van der Waals surface area contributed by atoms with E-state index in [1.165, 1.54) is 11.1 Å². The zero-order chi connectivity index (χ0) is 18.6. The third kappa shape index (κ3) is 3.93. The maximum atomic E-state index is 12.9. The highest BCUT2D eigenvalue weighted by Crippen LogP contribution is 2.30. The number of carbonyl (C=O) groups excluding carboxylic acids is 1. The SMILES string of the molecule is COc1ccc(C(=O)NC2CCc3ccccc3C2)cc1N1CCOCC1. The number of rotatable bonds is 4. The van der Waals surface area contributed by atoms with Crippen LogP contribution in [-0.2, 0) is 17.6 Å². The van der Waals surface area contributed by atoms with Crippen molar-refractivity contribution in [2.24, 2.45) is 0 Å². The second-order valence-electron chi connectivity index (χ2n) is 7.17. The number of hydrogen-bond donors (Lipinski definition) is 1. The molecule has 1 amide bonds. The van der Waals surface area contributed by atoms with Crippen molar-refractivity contribution in [3.63, 3.8) is 0 Å². The van der Waals surface area contributed by atoms with E-state index in [0.29, 0.717) is 18.8 Å². The van der Waals surface area contributed by atoms with E-state index in [-0.39, 0.29) is 11.9 Å². The fourth-order valence-corrected chi connectivity index (χ4v) is 3.97. The van der Waals surface area contributed by atoms with Gasteiger partial charge in [-0.1, -0.05) is 24.3 Å². The quantitative estimate of drug-likeness (QED) is 0.904. The minimum Gasteiger partial charge on any atom is -0.495 e. The minimum absolute atomic E-state index is 0.0171. The van der Waals surface area contributed by atoms with Crippen molar-refractivity contribution in [3.05, 3.63) is 59.2 Å². The molecule has 1 heterocycles. The summed E-state index contributed by atoms with van der Waals surface area (Å²) in [7, 11) is 1.67. The van der Waals surface area contributed by atoms with Crippen LogP contribution in [0.5, 0.6) is 5.75 Å². The number of nitrogens with one attached hydrogen (secondary N) is 1. The van der Waals surface area contributed by atoms with E-state index in [9.17, 15) is 4.79 Å². The Kier molecular flexibility index (Phi) is 5.30. The van der Waals surface area contributed by atoms with E-state index in [1.807, 2.05) is 18.2 Å². The summed E-state index contributed by atoms with van der Waals surface area (Å²) in [6, 6.07) is 14.4. The van der Waals surface area contributed by atoms with E-state index in [2.05, 4.69) is 34.5 Å². The Bertz CT molecular complexity index is 815. The van der Waals surface area contributed by atoms with Gasteiger partial charge in [0.25, 0.3) is 5.91 Å². The number of nitrogens with zero attached hydrogens (tertiary/aromatic N) is 1. The van der Waals surface area contributed by atoms with E-state index in [1.54, 1.807) is 7.11 Å². The third-order valence-electron chi connectivity index (χ3n) is 5.47. The number of ether oxygens (including phenoxy) is 2. The van der Waals surface area contributed by atoms with Gasteiger partial charge in [0.1, 0.15) is 5.75 Å². The highest BCUT2D eigenvalue weighted by Gasteiger charge is 2.22. The van der Waals surface area contributed by atoms with E-state index < -0.39 is 0 Å². The smallest absolute Gasteiger partial charge is 0.251 e. The van der Waals surface area contributed by atoms with Crippen molar-refractivity contribution in [3.8, 4) is 5.75 Å². The molecular formula is C22H26N2O3. The lowest BCUT2D eigenvalue weighted by atomic mass is 9.88. The Morgan fingerprint density at radius 3 is 2.70 bits per heavy atom. The van der Waals surface area contributed by atoms with Crippen molar-refractivity contribution in [1.29, 1.82) is 0 Å². The molecule has 2 aliphatic rings. The van der Waals surface area contributed by atoms with Crippen LogP contribution >= 0.6 is 0 Å².